The molecule has 0 aliphatic carbocycles. The first-order chi connectivity index (χ1) is 10.3. The molecule has 0 spiro atoms. The highest BCUT2D eigenvalue weighted by Crippen LogP contribution is 2.32. The van der Waals surface area contributed by atoms with Gasteiger partial charge < -0.3 is 5.32 Å². The van der Waals surface area contributed by atoms with Crippen molar-refractivity contribution in [2.75, 3.05) is 19.6 Å². The molecule has 1 aliphatic rings. The molecule has 1 aromatic heterocycles. The maximum atomic E-state index is 3.68. The maximum Gasteiger partial charge on any atom is 0.0414 e. The lowest BCUT2D eigenvalue weighted by atomic mass is 10.0. The Morgan fingerprint density at radius 3 is 2.90 bits per heavy atom. The first kappa shape index (κ1) is 15.0. The van der Waals surface area contributed by atoms with E-state index in [1.54, 1.807) is 0 Å². The number of piperidine rings is 1. The van der Waals surface area contributed by atoms with Gasteiger partial charge in [-0.25, -0.2) is 0 Å². The highest BCUT2D eigenvalue weighted by atomic mass is 32.1. The molecule has 1 aliphatic heterocycles. The number of likely N-dealkylation sites (N-methyl/N-ethyl adjacent to an activating group) is 1. The molecule has 1 N–H and O–H groups in total. The van der Waals surface area contributed by atoms with Crippen LogP contribution in [0.1, 0.15) is 44.0 Å². The van der Waals surface area contributed by atoms with Gasteiger partial charge in [-0.1, -0.05) is 31.5 Å². The Balaban J connectivity index is 1.72. The zero-order chi connectivity index (χ0) is 14.7. The van der Waals surface area contributed by atoms with Gasteiger partial charge >= 0.3 is 0 Å². The van der Waals surface area contributed by atoms with Crippen LogP contribution in [0.15, 0.2) is 30.3 Å². The van der Waals surface area contributed by atoms with E-state index in [0.717, 1.165) is 6.54 Å². The largest absolute Gasteiger partial charge is 0.313 e. The Kier molecular flexibility index (Phi) is 4.94. The van der Waals surface area contributed by atoms with Crippen LogP contribution in [0, 0.1) is 0 Å². The predicted octanol–water partition coefficient (Wildman–Crippen LogP) is 4.43. The molecule has 0 bridgehead atoms. The molecule has 1 fully saturated rings. The summed E-state index contributed by atoms with van der Waals surface area (Å²) < 4.78 is 1.41. The Hall–Kier alpha value is -0.900. The number of fused-ring (bicyclic) bond motifs is 1. The minimum absolute atomic E-state index is 0.510. The highest BCUT2D eigenvalue weighted by Gasteiger charge is 2.21. The summed E-state index contributed by atoms with van der Waals surface area (Å²) in [6.07, 6.45) is 4.05. The fourth-order valence-electron chi connectivity index (χ4n) is 3.31. The van der Waals surface area contributed by atoms with Crippen LogP contribution in [0.25, 0.3) is 10.1 Å². The average Bonchev–Trinajstić information content (AvgIpc) is 2.97. The van der Waals surface area contributed by atoms with Crippen molar-refractivity contribution in [3.8, 4) is 0 Å². The second kappa shape index (κ2) is 6.91. The molecule has 0 amide bonds. The number of nitrogens with one attached hydrogen (secondary N) is 1. The van der Waals surface area contributed by atoms with Gasteiger partial charge in [-0.05, 0) is 50.4 Å². The number of nitrogens with zero attached hydrogens (tertiary/aromatic N) is 1. The number of thiophene rings is 1. The standard InChI is InChI=1S/C18H26N2S/c1-3-20(13-16-9-6-7-11-19-16)14(2)18-12-15-8-4-5-10-17(15)21-18/h4-5,8,10,12,14,16,19H,3,6-7,9,11,13H2,1-2H3. The van der Waals surface area contributed by atoms with Crippen LogP contribution < -0.4 is 5.32 Å². The van der Waals surface area contributed by atoms with Crippen molar-refractivity contribution in [3.05, 3.63) is 35.2 Å². The Bertz CT molecular complexity index is 538. The van der Waals surface area contributed by atoms with Gasteiger partial charge in [0.1, 0.15) is 0 Å². The zero-order valence-corrected chi connectivity index (χ0v) is 14.0. The van der Waals surface area contributed by atoms with Gasteiger partial charge in [-0.2, -0.15) is 0 Å². The first-order valence-electron chi connectivity index (χ1n) is 8.24. The fraction of sp³-hybridized carbons (Fsp3) is 0.556. The van der Waals surface area contributed by atoms with Gasteiger partial charge in [-0.15, -0.1) is 11.3 Å². The predicted molar refractivity (Wildman–Crippen MR) is 93.1 cm³/mol. The molecule has 1 saturated heterocycles. The van der Waals surface area contributed by atoms with Gasteiger partial charge in [0.15, 0.2) is 0 Å². The van der Waals surface area contributed by atoms with E-state index >= 15 is 0 Å². The second-order valence-corrected chi connectivity index (χ2v) is 7.21. The fourth-order valence-corrected chi connectivity index (χ4v) is 4.46. The summed E-state index contributed by atoms with van der Waals surface area (Å²) >= 11 is 1.95. The Labute approximate surface area is 132 Å². The Morgan fingerprint density at radius 2 is 2.19 bits per heavy atom. The summed E-state index contributed by atoms with van der Waals surface area (Å²) in [5.74, 6) is 0. The molecular weight excluding hydrogens is 276 g/mol. The van der Waals surface area contributed by atoms with Crippen LogP contribution in [0.2, 0.25) is 0 Å². The second-order valence-electron chi connectivity index (χ2n) is 6.10. The van der Waals surface area contributed by atoms with Crippen molar-refractivity contribution >= 4 is 21.4 Å². The van der Waals surface area contributed by atoms with Gasteiger partial charge in [0.25, 0.3) is 0 Å². The topological polar surface area (TPSA) is 15.3 Å². The molecule has 2 atom stereocenters. The number of rotatable bonds is 5. The van der Waals surface area contributed by atoms with Crippen molar-refractivity contribution in [1.29, 1.82) is 0 Å². The minimum atomic E-state index is 0.510. The molecule has 2 nitrogen and oxygen atoms in total. The lowest BCUT2D eigenvalue weighted by molar-refractivity contribution is 0.187. The molecule has 114 valence electrons. The SMILES string of the molecule is CCN(CC1CCCCN1)C(C)c1cc2ccccc2s1. The molecule has 2 unspecified atom stereocenters. The normalized spacial score (nSPS) is 21.0. The van der Waals surface area contributed by atoms with Gasteiger partial charge in [0, 0.05) is 28.2 Å². The molecule has 0 saturated carbocycles. The maximum absolute atomic E-state index is 3.68. The molecule has 21 heavy (non-hydrogen) atoms. The highest BCUT2D eigenvalue weighted by molar-refractivity contribution is 7.19. The molecule has 3 rings (SSSR count). The molecule has 2 heterocycles. The third kappa shape index (κ3) is 3.47. The van der Waals surface area contributed by atoms with Crippen molar-refractivity contribution < 1.29 is 0 Å². The van der Waals surface area contributed by atoms with Crippen molar-refractivity contribution in [2.45, 2.75) is 45.2 Å². The van der Waals surface area contributed by atoms with E-state index in [1.165, 1.54) is 47.3 Å². The third-order valence-corrected chi connectivity index (χ3v) is 5.96. The third-order valence-electron chi connectivity index (χ3n) is 4.68. The van der Waals surface area contributed by atoms with E-state index in [2.05, 4.69) is 54.4 Å². The van der Waals surface area contributed by atoms with Crippen LogP contribution in [0.4, 0.5) is 0 Å². The van der Waals surface area contributed by atoms with E-state index in [9.17, 15) is 0 Å². The first-order valence-corrected chi connectivity index (χ1v) is 9.05. The van der Waals surface area contributed by atoms with Crippen LogP contribution in [0.3, 0.4) is 0 Å². The van der Waals surface area contributed by atoms with E-state index in [-0.39, 0.29) is 0 Å². The zero-order valence-electron chi connectivity index (χ0n) is 13.1. The van der Waals surface area contributed by atoms with E-state index in [4.69, 9.17) is 0 Å². The summed E-state index contributed by atoms with van der Waals surface area (Å²) in [5.41, 5.74) is 0. The van der Waals surface area contributed by atoms with E-state index in [1.807, 2.05) is 11.3 Å². The summed E-state index contributed by atoms with van der Waals surface area (Å²) in [6.45, 7) is 8.13. The number of hydrogen-bond acceptors (Lipinski definition) is 3. The van der Waals surface area contributed by atoms with E-state index in [0.29, 0.717) is 12.1 Å². The summed E-state index contributed by atoms with van der Waals surface area (Å²) in [5, 5.41) is 5.06. The summed E-state index contributed by atoms with van der Waals surface area (Å²) in [7, 11) is 0. The monoisotopic (exact) mass is 302 g/mol. The lowest BCUT2D eigenvalue weighted by Gasteiger charge is -2.33. The van der Waals surface area contributed by atoms with Gasteiger partial charge in [0.05, 0.1) is 0 Å². The van der Waals surface area contributed by atoms with Gasteiger partial charge in [-0.3, -0.25) is 4.90 Å². The molecule has 2 aromatic rings. The van der Waals surface area contributed by atoms with Crippen LogP contribution in [-0.4, -0.2) is 30.6 Å². The van der Waals surface area contributed by atoms with Gasteiger partial charge in [0.2, 0.25) is 0 Å². The smallest absolute Gasteiger partial charge is 0.0414 e. The average molecular weight is 302 g/mol. The van der Waals surface area contributed by atoms with Crippen LogP contribution >= 0.6 is 11.3 Å². The molecular formula is C18H26N2S. The molecule has 0 radical (unpaired) electrons. The van der Waals surface area contributed by atoms with Crippen molar-refractivity contribution in [3.63, 3.8) is 0 Å². The Morgan fingerprint density at radius 1 is 1.33 bits per heavy atom. The minimum Gasteiger partial charge on any atom is -0.313 e. The van der Waals surface area contributed by atoms with E-state index < -0.39 is 0 Å². The van der Waals surface area contributed by atoms with Crippen molar-refractivity contribution in [2.24, 2.45) is 0 Å². The quantitative estimate of drug-likeness (QED) is 0.879. The molecule has 1 aromatic carbocycles. The van der Waals surface area contributed by atoms with Crippen molar-refractivity contribution in [1.82, 2.24) is 10.2 Å². The lowest BCUT2D eigenvalue weighted by Crippen LogP contribution is -2.44. The number of benzene rings is 1. The van der Waals surface area contributed by atoms with Crippen LogP contribution in [0.5, 0.6) is 0 Å². The molecule has 3 heteroatoms. The number of hydrogen-bond donors (Lipinski definition) is 1. The van der Waals surface area contributed by atoms with Crippen LogP contribution in [-0.2, 0) is 0 Å². The summed E-state index contributed by atoms with van der Waals surface area (Å²) in [4.78, 5) is 4.11. The summed E-state index contributed by atoms with van der Waals surface area (Å²) in [6, 6.07) is 12.3.